The van der Waals surface area contributed by atoms with Crippen molar-refractivity contribution in [3.8, 4) is 11.3 Å². The molecule has 2 N–H and O–H groups in total. The molecular weight excluding hydrogens is 399 g/mol. The molecule has 0 spiro atoms. The van der Waals surface area contributed by atoms with E-state index in [4.69, 9.17) is 5.10 Å². The summed E-state index contributed by atoms with van der Waals surface area (Å²) in [5.74, 6) is -0.161. The molecule has 4 heterocycles. The van der Waals surface area contributed by atoms with E-state index < -0.39 is 18.4 Å². The molecule has 1 atom stereocenters. The minimum absolute atomic E-state index is 0.150. The Morgan fingerprint density at radius 2 is 1.90 bits per heavy atom. The molecule has 1 fully saturated rings. The normalized spacial score (nSPS) is 20.0. The zero-order valence-electron chi connectivity index (χ0n) is 15.7. The van der Waals surface area contributed by atoms with Crippen LogP contribution >= 0.6 is 0 Å². The van der Waals surface area contributed by atoms with Crippen LogP contribution < -0.4 is 10.6 Å². The lowest BCUT2D eigenvalue weighted by Gasteiger charge is -2.28. The van der Waals surface area contributed by atoms with Gasteiger partial charge in [0.1, 0.15) is 11.5 Å². The molecule has 2 aliphatic rings. The van der Waals surface area contributed by atoms with E-state index in [1.165, 1.54) is 12.3 Å². The van der Waals surface area contributed by atoms with Crippen molar-refractivity contribution in [1.29, 1.82) is 0 Å². The van der Waals surface area contributed by atoms with Crippen LogP contribution in [0.1, 0.15) is 30.6 Å². The number of pyridine rings is 1. The Morgan fingerprint density at radius 3 is 2.67 bits per heavy atom. The minimum Gasteiger partial charge on any atom is -0.431 e. The maximum absolute atomic E-state index is 13.7. The Labute approximate surface area is 169 Å². The number of piperidine rings is 1. The summed E-state index contributed by atoms with van der Waals surface area (Å²) in [5, 5.41) is 11.1. The van der Waals surface area contributed by atoms with Gasteiger partial charge in [0.25, 0.3) is 0 Å². The van der Waals surface area contributed by atoms with Crippen molar-refractivity contribution in [2.75, 3.05) is 18.4 Å². The van der Waals surface area contributed by atoms with Crippen molar-refractivity contribution < 1.29 is 22.7 Å². The number of carbonyl (C=O) groups excluding carboxylic acids is 1. The Bertz CT molecular complexity index is 1120. The summed E-state index contributed by atoms with van der Waals surface area (Å²) in [6.45, 7) is 1.71. The van der Waals surface area contributed by atoms with Gasteiger partial charge in [0, 0.05) is 17.1 Å². The molecule has 0 bridgehead atoms. The van der Waals surface area contributed by atoms with Gasteiger partial charge in [-0.1, -0.05) is 18.2 Å². The Kier molecular flexibility index (Phi) is 4.39. The van der Waals surface area contributed by atoms with Crippen LogP contribution in [0.3, 0.4) is 0 Å². The van der Waals surface area contributed by atoms with Gasteiger partial charge in [-0.2, -0.15) is 18.3 Å². The number of nitrogens with zero attached hydrogens (tertiary/aromatic N) is 3. The summed E-state index contributed by atoms with van der Waals surface area (Å²) in [6, 6.07) is 9.10. The number of amides is 1. The van der Waals surface area contributed by atoms with E-state index in [9.17, 15) is 18.0 Å². The largest absolute Gasteiger partial charge is 0.431 e. The van der Waals surface area contributed by atoms with Crippen molar-refractivity contribution in [2.45, 2.75) is 31.2 Å². The first kappa shape index (κ1) is 18.9. The monoisotopic (exact) mass is 417 g/mol. The van der Waals surface area contributed by atoms with Crippen LogP contribution in [-0.2, 0) is 4.74 Å². The summed E-state index contributed by atoms with van der Waals surface area (Å²) in [6.07, 6.45) is -5.25. The molecule has 7 nitrogen and oxygen atoms in total. The number of benzene rings is 1. The van der Waals surface area contributed by atoms with Gasteiger partial charge in [0.15, 0.2) is 0 Å². The number of halogens is 3. The topological polar surface area (TPSA) is 81.1 Å². The molecule has 0 radical (unpaired) electrons. The summed E-state index contributed by atoms with van der Waals surface area (Å²) in [7, 11) is 0. The van der Waals surface area contributed by atoms with E-state index in [1.807, 2.05) is 28.9 Å². The summed E-state index contributed by atoms with van der Waals surface area (Å²) < 4.78 is 47.7. The summed E-state index contributed by atoms with van der Waals surface area (Å²) >= 11 is 0. The SMILES string of the molecule is O=C1Nc2nccc(-c3nn(C4CCNCC4)c4ccccc34)c2[C@H](C(F)(F)F)O1. The average Bonchev–Trinajstić information content (AvgIpc) is 3.12. The lowest BCUT2D eigenvalue weighted by Crippen LogP contribution is -2.34. The third kappa shape index (κ3) is 3.07. The van der Waals surface area contributed by atoms with Crippen LogP contribution in [0.25, 0.3) is 22.2 Å². The van der Waals surface area contributed by atoms with Gasteiger partial charge >= 0.3 is 12.3 Å². The van der Waals surface area contributed by atoms with Crippen molar-refractivity contribution in [3.63, 3.8) is 0 Å². The van der Waals surface area contributed by atoms with E-state index >= 15 is 0 Å². The van der Waals surface area contributed by atoms with Gasteiger partial charge in [-0.15, -0.1) is 0 Å². The predicted octanol–water partition coefficient (Wildman–Crippen LogP) is 4.19. The van der Waals surface area contributed by atoms with E-state index in [1.54, 1.807) is 0 Å². The zero-order chi connectivity index (χ0) is 20.9. The first-order chi connectivity index (χ1) is 14.4. The van der Waals surface area contributed by atoms with Crippen LogP contribution in [0.5, 0.6) is 0 Å². The summed E-state index contributed by atoms with van der Waals surface area (Å²) in [5.41, 5.74) is 1.28. The number of anilines is 1. The van der Waals surface area contributed by atoms with Gasteiger partial charge in [-0.3, -0.25) is 10.00 Å². The fourth-order valence-electron chi connectivity index (χ4n) is 4.18. The molecular formula is C20H18F3N5O2. The van der Waals surface area contributed by atoms with Crippen molar-refractivity contribution in [3.05, 3.63) is 42.1 Å². The number of rotatable bonds is 2. The number of carbonyl (C=O) groups is 1. The average molecular weight is 417 g/mol. The van der Waals surface area contributed by atoms with E-state index in [2.05, 4.69) is 20.4 Å². The van der Waals surface area contributed by atoms with Crippen LogP contribution in [0, 0.1) is 0 Å². The van der Waals surface area contributed by atoms with E-state index in [-0.39, 0.29) is 23.0 Å². The molecule has 3 aromatic rings. The number of nitrogens with one attached hydrogen (secondary N) is 2. The molecule has 10 heteroatoms. The first-order valence-corrected chi connectivity index (χ1v) is 9.65. The number of fused-ring (bicyclic) bond motifs is 2. The maximum Gasteiger partial charge on any atom is 0.430 e. The van der Waals surface area contributed by atoms with Crippen LogP contribution in [-0.4, -0.2) is 40.1 Å². The molecule has 1 aromatic carbocycles. The number of hydrogen-bond acceptors (Lipinski definition) is 5. The molecule has 30 heavy (non-hydrogen) atoms. The molecule has 2 aliphatic heterocycles. The third-order valence-electron chi connectivity index (χ3n) is 5.52. The van der Waals surface area contributed by atoms with Gasteiger partial charge in [0.05, 0.1) is 17.1 Å². The van der Waals surface area contributed by atoms with Crippen LogP contribution in [0.4, 0.5) is 23.8 Å². The van der Waals surface area contributed by atoms with Gasteiger partial charge < -0.3 is 10.1 Å². The number of aromatic nitrogens is 3. The van der Waals surface area contributed by atoms with Crippen LogP contribution in [0.15, 0.2) is 36.5 Å². The zero-order valence-corrected chi connectivity index (χ0v) is 15.7. The molecule has 156 valence electrons. The number of hydrogen-bond donors (Lipinski definition) is 2. The Hall–Kier alpha value is -3.14. The molecule has 5 rings (SSSR count). The fourth-order valence-corrected chi connectivity index (χ4v) is 4.18. The highest BCUT2D eigenvalue weighted by Gasteiger charge is 2.49. The second-order valence-electron chi connectivity index (χ2n) is 7.36. The van der Waals surface area contributed by atoms with E-state index in [0.717, 1.165) is 36.8 Å². The fraction of sp³-hybridized carbons (Fsp3) is 0.350. The maximum atomic E-state index is 13.7. The number of alkyl halides is 3. The highest BCUT2D eigenvalue weighted by atomic mass is 19.4. The second-order valence-corrected chi connectivity index (χ2v) is 7.36. The van der Waals surface area contributed by atoms with Crippen LogP contribution in [0.2, 0.25) is 0 Å². The van der Waals surface area contributed by atoms with Gasteiger partial charge in [-0.25, -0.2) is 9.78 Å². The lowest BCUT2D eigenvalue weighted by molar-refractivity contribution is -0.206. The first-order valence-electron chi connectivity index (χ1n) is 9.65. The quantitative estimate of drug-likeness (QED) is 0.654. The van der Waals surface area contributed by atoms with E-state index in [0.29, 0.717) is 5.69 Å². The number of para-hydroxylation sites is 1. The third-order valence-corrected chi connectivity index (χ3v) is 5.52. The predicted molar refractivity (Wildman–Crippen MR) is 103 cm³/mol. The highest BCUT2D eigenvalue weighted by molar-refractivity contribution is 5.97. The number of ether oxygens (including phenoxy) is 1. The highest BCUT2D eigenvalue weighted by Crippen LogP contribution is 2.46. The minimum atomic E-state index is -4.78. The molecule has 1 saturated heterocycles. The Morgan fingerprint density at radius 1 is 1.13 bits per heavy atom. The molecule has 0 unspecified atom stereocenters. The van der Waals surface area contributed by atoms with Gasteiger partial charge in [-0.05, 0) is 38.1 Å². The molecule has 2 aromatic heterocycles. The standard InChI is InChI=1S/C20H18F3N5O2/c21-20(22,23)17-15-13(7-10-25-18(15)26-19(29)30-17)16-12-3-1-2-4-14(12)28(27-16)11-5-8-24-9-6-11/h1-4,7,10-11,17,24H,5-6,8-9H2,(H,25,26,29)/t17-/m1/s1. The summed E-state index contributed by atoms with van der Waals surface area (Å²) in [4.78, 5) is 15.6. The van der Waals surface area contributed by atoms with Crippen molar-refractivity contribution in [2.24, 2.45) is 0 Å². The lowest BCUT2D eigenvalue weighted by atomic mass is 9.97. The van der Waals surface area contributed by atoms with Crippen molar-refractivity contribution >= 4 is 22.8 Å². The Balaban J connectivity index is 1.73. The van der Waals surface area contributed by atoms with Gasteiger partial charge in [0.2, 0.25) is 6.10 Å². The smallest absolute Gasteiger partial charge is 0.430 e. The second kappa shape index (κ2) is 6.98. The number of cyclic esters (lactones) is 1. The molecule has 0 aliphatic carbocycles. The van der Waals surface area contributed by atoms with Crippen molar-refractivity contribution in [1.82, 2.24) is 20.1 Å². The molecule has 1 amide bonds. The molecule has 0 saturated carbocycles.